The van der Waals surface area contributed by atoms with Crippen molar-refractivity contribution in [3.05, 3.63) is 82.2 Å². The summed E-state index contributed by atoms with van der Waals surface area (Å²) in [4.78, 5) is 2.86. The lowest BCUT2D eigenvalue weighted by Gasteiger charge is -2.39. The van der Waals surface area contributed by atoms with Crippen LogP contribution < -0.4 is 0 Å². The molecular weight excluding hydrogens is 342 g/mol. The van der Waals surface area contributed by atoms with Gasteiger partial charge in [0.1, 0.15) is 0 Å². The SMILES string of the molecule is C[C@H]1O[C@H](CN=[N+]=[N-])[C@@H](OCc2ccccc2)C[C@H]1OCc1ccccc1. The summed E-state index contributed by atoms with van der Waals surface area (Å²) in [6.07, 6.45) is 0.0771. The summed E-state index contributed by atoms with van der Waals surface area (Å²) in [5.41, 5.74) is 10.9. The second-order valence-electron chi connectivity index (χ2n) is 6.70. The van der Waals surface area contributed by atoms with E-state index in [4.69, 9.17) is 19.7 Å². The molecule has 0 N–H and O–H groups in total. The van der Waals surface area contributed by atoms with Gasteiger partial charge in [-0.1, -0.05) is 65.8 Å². The maximum atomic E-state index is 8.66. The molecule has 0 saturated carbocycles. The maximum absolute atomic E-state index is 8.66. The van der Waals surface area contributed by atoms with Crippen molar-refractivity contribution in [1.29, 1.82) is 0 Å². The maximum Gasteiger partial charge on any atom is 0.0899 e. The van der Waals surface area contributed by atoms with E-state index in [2.05, 4.69) is 10.0 Å². The van der Waals surface area contributed by atoms with Crippen molar-refractivity contribution in [3.8, 4) is 0 Å². The van der Waals surface area contributed by atoms with Crippen LogP contribution in [0.1, 0.15) is 24.5 Å². The van der Waals surface area contributed by atoms with Crippen molar-refractivity contribution < 1.29 is 14.2 Å². The highest BCUT2D eigenvalue weighted by atomic mass is 16.6. The van der Waals surface area contributed by atoms with Crippen LogP contribution in [0.3, 0.4) is 0 Å². The second kappa shape index (κ2) is 10.1. The van der Waals surface area contributed by atoms with Crippen molar-refractivity contribution in [2.24, 2.45) is 5.11 Å². The fourth-order valence-electron chi connectivity index (χ4n) is 3.23. The fraction of sp³-hybridized carbons (Fsp3) is 0.429. The van der Waals surface area contributed by atoms with Crippen LogP contribution in [0, 0.1) is 0 Å². The molecule has 0 aliphatic carbocycles. The Labute approximate surface area is 159 Å². The summed E-state index contributed by atoms with van der Waals surface area (Å²) in [6.45, 7) is 3.27. The molecule has 1 saturated heterocycles. The number of hydrogen-bond donors (Lipinski definition) is 0. The third kappa shape index (κ3) is 5.81. The standard InChI is InChI=1S/C21H25N3O3/c1-16-19(25-14-17-8-4-2-5-9-17)12-20(21(27-16)13-23-24-22)26-15-18-10-6-3-7-11-18/h2-11,16,19-21H,12-15H2,1H3/t16-,19-,20+,21-/m1/s1. The molecule has 2 aromatic carbocycles. The van der Waals surface area contributed by atoms with E-state index in [1.807, 2.05) is 67.6 Å². The first-order valence-electron chi connectivity index (χ1n) is 9.23. The number of nitrogens with zero attached hydrogens (tertiary/aromatic N) is 3. The molecule has 6 heteroatoms. The predicted octanol–water partition coefficient (Wildman–Crippen LogP) is 4.64. The van der Waals surface area contributed by atoms with Crippen LogP contribution in [0.15, 0.2) is 65.8 Å². The number of rotatable bonds is 8. The van der Waals surface area contributed by atoms with Crippen LogP contribution in [0.2, 0.25) is 0 Å². The van der Waals surface area contributed by atoms with E-state index in [1.54, 1.807) is 0 Å². The van der Waals surface area contributed by atoms with Crippen LogP contribution >= 0.6 is 0 Å². The Kier molecular flexibility index (Phi) is 7.25. The predicted molar refractivity (Wildman–Crippen MR) is 103 cm³/mol. The zero-order chi connectivity index (χ0) is 18.9. The molecule has 0 bridgehead atoms. The van der Waals surface area contributed by atoms with E-state index < -0.39 is 0 Å². The molecule has 4 atom stereocenters. The zero-order valence-corrected chi connectivity index (χ0v) is 15.5. The van der Waals surface area contributed by atoms with Crippen LogP contribution in [-0.2, 0) is 27.4 Å². The van der Waals surface area contributed by atoms with Gasteiger partial charge in [0.05, 0.1) is 44.2 Å². The Morgan fingerprint density at radius 3 is 2.07 bits per heavy atom. The third-order valence-electron chi connectivity index (χ3n) is 4.73. The molecule has 0 spiro atoms. The minimum absolute atomic E-state index is 0.0757. The molecule has 0 aromatic heterocycles. The van der Waals surface area contributed by atoms with Crippen LogP contribution in [0.25, 0.3) is 10.4 Å². The van der Waals surface area contributed by atoms with Crippen LogP contribution in [0.4, 0.5) is 0 Å². The summed E-state index contributed by atoms with van der Waals surface area (Å²) in [5, 5.41) is 3.69. The number of hydrogen-bond acceptors (Lipinski definition) is 4. The van der Waals surface area contributed by atoms with E-state index in [1.165, 1.54) is 0 Å². The number of azide groups is 1. The molecule has 0 unspecified atom stereocenters. The first-order chi connectivity index (χ1) is 13.3. The van der Waals surface area contributed by atoms with Crippen LogP contribution in [-0.4, -0.2) is 31.0 Å². The molecule has 142 valence electrons. The van der Waals surface area contributed by atoms with Gasteiger partial charge in [-0.15, -0.1) is 0 Å². The second-order valence-corrected chi connectivity index (χ2v) is 6.70. The molecule has 6 nitrogen and oxygen atoms in total. The third-order valence-corrected chi connectivity index (χ3v) is 4.73. The largest absolute Gasteiger partial charge is 0.371 e. The van der Waals surface area contributed by atoms with E-state index in [-0.39, 0.29) is 31.0 Å². The molecule has 1 aliphatic heterocycles. The van der Waals surface area contributed by atoms with E-state index in [9.17, 15) is 0 Å². The molecule has 1 aliphatic rings. The van der Waals surface area contributed by atoms with Gasteiger partial charge in [-0.05, 0) is 23.6 Å². The quantitative estimate of drug-likeness (QED) is 0.387. The first kappa shape index (κ1) is 19.4. The van der Waals surface area contributed by atoms with Gasteiger partial charge in [0.2, 0.25) is 0 Å². The monoisotopic (exact) mass is 367 g/mol. The highest BCUT2D eigenvalue weighted by molar-refractivity contribution is 5.14. The fourth-order valence-corrected chi connectivity index (χ4v) is 3.23. The van der Waals surface area contributed by atoms with E-state index in [0.29, 0.717) is 19.6 Å². The average Bonchev–Trinajstić information content (AvgIpc) is 2.72. The van der Waals surface area contributed by atoms with Gasteiger partial charge in [0.15, 0.2) is 0 Å². The van der Waals surface area contributed by atoms with Crippen LogP contribution in [0.5, 0.6) is 0 Å². The molecule has 2 aromatic rings. The van der Waals surface area contributed by atoms with Crippen molar-refractivity contribution in [1.82, 2.24) is 0 Å². The topological polar surface area (TPSA) is 76.5 Å². The Morgan fingerprint density at radius 2 is 1.52 bits per heavy atom. The molecule has 1 fully saturated rings. The van der Waals surface area contributed by atoms with Gasteiger partial charge in [0, 0.05) is 11.3 Å². The molecule has 27 heavy (non-hydrogen) atoms. The summed E-state index contributed by atoms with van der Waals surface area (Å²) in [7, 11) is 0. The molecule has 0 amide bonds. The summed E-state index contributed by atoms with van der Waals surface area (Å²) < 4.78 is 18.3. The Morgan fingerprint density at radius 1 is 0.963 bits per heavy atom. The van der Waals surface area contributed by atoms with Crippen molar-refractivity contribution in [2.45, 2.75) is 51.0 Å². The minimum Gasteiger partial charge on any atom is -0.371 e. The molecular formula is C21H25N3O3. The normalized spacial score (nSPS) is 24.9. The lowest BCUT2D eigenvalue weighted by molar-refractivity contribution is -0.193. The molecule has 1 heterocycles. The lowest BCUT2D eigenvalue weighted by atomic mass is 9.98. The van der Waals surface area contributed by atoms with Gasteiger partial charge in [-0.3, -0.25) is 0 Å². The minimum atomic E-state index is -0.267. The summed E-state index contributed by atoms with van der Waals surface area (Å²) >= 11 is 0. The van der Waals surface area contributed by atoms with Crippen molar-refractivity contribution in [3.63, 3.8) is 0 Å². The zero-order valence-electron chi connectivity index (χ0n) is 15.5. The summed E-state index contributed by atoms with van der Waals surface area (Å²) in [6, 6.07) is 20.1. The number of benzene rings is 2. The van der Waals surface area contributed by atoms with Gasteiger partial charge in [0.25, 0.3) is 0 Å². The average molecular weight is 367 g/mol. The van der Waals surface area contributed by atoms with E-state index in [0.717, 1.165) is 11.1 Å². The first-order valence-corrected chi connectivity index (χ1v) is 9.23. The Balaban J connectivity index is 1.62. The van der Waals surface area contributed by atoms with Gasteiger partial charge >= 0.3 is 0 Å². The number of ether oxygens (including phenoxy) is 3. The molecule has 3 rings (SSSR count). The summed E-state index contributed by atoms with van der Waals surface area (Å²) in [5.74, 6) is 0. The van der Waals surface area contributed by atoms with Gasteiger partial charge in [-0.2, -0.15) is 0 Å². The van der Waals surface area contributed by atoms with Crippen molar-refractivity contribution in [2.75, 3.05) is 6.54 Å². The Hall–Kier alpha value is -2.37. The highest BCUT2D eigenvalue weighted by Crippen LogP contribution is 2.27. The molecule has 0 radical (unpaired) electrons. The smallest absolute Gasteiger partial charge is 0.0899 e. The highest BCUT2D eigenvalue weighted by Gasteiger charge is 2.36. The van der Waals surface area contributed by atoms with Crippen molar-refractivity contribution >= 4 is 0 Å². The Bertz CT molecular complexity index is 735. The van der Waals surface area contributed by atoms with Gasteiger partial charge < -0.3 is 14.2 Å². The van der Waals surface area contributed by atoms with E-state index >= 15 is 0 Å². The lowest BCUT2D eigenvalue weighted by Crippen LogP contribution is -2.49. The van der Waals surface area contributed by atoms with Gasteiger partial charge in [-0.25, -0.2) is 0 Å².